The maximum Gasteiger partial charge on any atom is 0.324 e. The molecule has 2 aromatic carbocycles. The quantitative estimate of drug-likeness (QED) is 0.361. The monoisotopic (exact) mass is 349 g/mol. The van der Waals surface area contributed by atoms with Gasteiger partial charge in [0.2, 0.25) is 11.8 Å². The molecule has 0 saturated carbocycles. The number of esters is 1. The Kier molecular flexibility index (Phi) is 3.87. The molecule has 0 spiro atoms. The predicted molar refractivity (Wildman–Crippen MR) is 95.8 cm³/mol. The van der Waals surface area contributed by atoms with E-state index in [0.717, 1.165) is 16.0 Å². The first-order valence-corrected chi connectivity index (χ1v) is 8.78. The lowest BCUT2D eigenvalue weighted by molar-refractivity contribution is -0.151. The third kappa shape index (κ3) is 2.35. The fourth-order valence-electron chi connectivity index (χ4n) is 3.99. The van der Waals surface area contributed by atoms with Gasteiger partial charge < -0.3 is 4.74 Å². The Morgan fingerprint density at radius 2 is 1.65 bits per heavy atom. The van der Waals surface area contributed by atoms with E-state index in [9.17, 15) is 14.4 Å². The van der Waals surface area contributed by atoms with E-state index in [1.165, 1.54) is 0 Å². The summed E-state index contributed by atoms with van der Waals surface area (Å²) in [5.41, 5.74) is 2.28. The number of nitrogens with zero attached hydrogens (tertiary/aromatic N) is 1. The molecular weight excluding hydrogens is 330 g/mol. The van der Waals surface area contributed by atoms with Crippen LogP contribution in [0.4, 0.5) is 5.69 Å². The van der Waals surface area contributed by atoms with Gasteiger partial charge in [-0.25, -0.2) is 4.90 Å². The molecule has 0 aromatic heterocycles. The fraction of sp³-hybridized carbons (Fsp3) is 0.286. The van der Waals surface area contributed by atoms with Crippen LogP contribution in [-0.2, 0) is 14.4 Å². The van der Waals surface area contributed by atoms with Gasteiger partial charge in [0.15, 0.2) is 0 Å². The lowest BCUT2D eigenvalue weighted by Crippen LogP contribution is -2.57. The van der Waals surface area contributed by atoms with Gasteiger partial charge in [0.25, 0.3) is 0 Å². The second kappa shape index (κ2) is 6.09. The highest BCUT2D eigenvalue weighted by molar-refractivity contribution is 6.23. The van der Waals surface area contributed by atoms with E-state index in [2.05, 4.69) is 0 Å². The molecule has 2 amide bonds. The molecule has 2 heterocycles. The summed E-state index contributed by atoms with van der Waals surface area (Å²) in [4.78, 5) is 40.1. The van der Waals surface area contributed by atoms with Gasteiger partial charge in [-0.05, 0) is 31.5 Å². The lowest BCUT2D eigenvalue weighted by Gasteiger charge is -2.42. The van der Waals surface area contributed by atoms with E-state index in [0.29, 0.717) is 17.9 Å². The molecule has 132 valence electrons. The maximum absolute atomic E-state index is 13.2. The number of carbonyl (C=O) groups excluding carboxylic acids is 3. The maximum atomic E-state index is 13.2. The minimum atomic E-state index is -0.992. The van der Waals surface area contributed by atoms with Gasteiger partial charge in [-0.1, -0.05) is 42.8 Å². The van der Waals surface area contributed by atoms with Crippen LogP contribution in [0.3, 0.4) is 0 Å². The second-order valence-corrected chi connectivity index (χ2v) is 6.82. The summed E-state index contributed by atoms with van der Waals surface area (Å²) in [6.45, 7) is 3.84. The van der Waals surface area contributed by atoms with Crippen molar-refractivity contribution in [2.75, 3.05) is 4.90 Å². The molecule has 26 heavy (non-hydrogen) atoms. The highest BCUT2D eigenvalue weighted by atomic mass is 16.5. The summed E-state index contributed by atoms with van der Waals surface area (Å²) in [6, 6.07) is 14.3. The van der Waals surface area contributed by atoms with Crippen molar-refractivity contribution in [3.05, 3.63) is 59.7 Å². The van der Waals surface area contributed by atoms with Crippen molar-refractivity contribution in [1.82, 2.24) is 0 Å². The summed E-state index contributed by atoms with van der Waals surface area (Å²) in [5, 5.41) is 0. The zero-order valence-corrected chi connectivity index (χ0v) is 14.6. The predicted octanol–water partition coefficient (Wildman–Crippen LogP) is 3.21. The minimum absolute atomic E-state index is 0.257. The molecule has 2 aliphatic heterocycles. The van der Waals surface area contributed by atoms with Crippen molar-refractivity contribution >= 4 is 23.5 Å². The first-order valence-electron chi connectivity index (χ1n) is 8.78. The third-order valence-corrected chi connectivity index (χ3v) is 5.29. The van der Waals surface area contributed by atoms with Crippen LogP contribution < -0.4 is 9.64 Å². The molecule has 5 heteroatoms. The van der Waals surface area contributed by atoms with Gasteiger partial charge in [-0.3, -0.25) is 14.4 Å². The van der Waals surface area contributed by atoms with E-state index in [4.69, 9.17) is 4.74 Å². The van der Waals surface area contributed by atoms with Gasteiger partial charge in [0.05, 0.1) is 5.69 Å². The summed E-state index contributed by atoms with van der Waals surface area (Å²) < 4.78 is 5.41. The number of para-hydroxylation sites is 1. The van der Waals surface area contributed by atoms with Crippen molar-refractivity contribution in [3.63, 3.8) is 0 Å². The Morgan fingerprint density at radius 3 is 2.35 bits per heavy atom. The number of carbonyl (C=O) groups is 3. The van der Waals surface area contributed by atoms with Gasteiger partial charge >= 0.3 is 5.97 Å². The Balaban J connectivity index is 1.84. The van der Waals surface area contributed by atoms with Crippen molar-refractivity contribution < 1.29 is 19.1 Å². The average Bonchev–Trinajstić information content (AvgIpc) is 2.63. The van der Waals surface area contributed by atoms with Crippen LogP contribution in [0.15, 0.2) is 48.5 Å². The van der Waals surface area contributed by atoms with Crippen LogP contribution in [0, 0.1) is 18.8 Å². The molecule has 0 aliphatic carbocycles. The standard InChI is InChI=1S/C21H19NO4/c1-3-14-17-15-6-4-5-7-16(15)26-21(25)18(17)20(24)22(19(14)23)13-10-8-12(2)9-11-13/h4-11,14,17-18H,3H2,1-2H3. The molecule has 0 N–H and O–H groups in total. The fourth-order valence-corrected chi connectivity index (χ4v) is 3.99. The number of piperidine rings is 1. The Morgan fingerprint density at radius 1 is 0.962 bits per heavy atom. The van der Waals surface area contributed by atoms with E-state index in [1.54, 1.807) is 24.3 Å². The van der Waals surface area contributed by atoms with E-state index in [1.807, 2.05) is 38.1 Å². The number of hydrogen-bond donors (Lipinski definition) is 0. The van der Waals surface area contributed by atoms with Crippen LogP contribution in [0.25, 0.3) is 0 Å². The zero-order valence-electron chi connectivity index (χ0n) is 14.6. The molecular formula is C21H19NO4. The number of ether oxygens (including phenoxy) is 1. The minimum Gasteiger partial charge on any atom is -0.426 e. The number of hydrogen-bond acceptors (Lipinski definition) is 4. The number of amides is 2. The van der Waals surface area contributed by atoms with E-state index in [-0.39, 0.29) is 5.91 Å². The van der Waals surface area contributed by atoms with E-state index >= 15 is 0 Å². The molecule has 5 nitrogen and oxygen atoms in total. The number of rotatable bonds is 2. The first kappa shape index (κ1) is 16.5. The normalized spacial score (nSPS) is 24.8. The van der Waals surface area contributed by atoms with Crippen molar-refractivity contribution in [2.24, 2.45) is 11.8 Å². The van der Waals surface area contributed by atoms with Gasteiger partial charge in [0, 0.05) is 17.4 Å². The van der Waals surface area contributed by atoms with E-state index < -0.39 is 29.6 Å². The Bertz CT molecular complexity index is 902. The summed E-state index contributed by atoms with van der Waals surface area (Å²) in [7, 11) is 0. The molecule has 1 fully saturated rings. The molecule has 3 atom stereocenters. The van der Waals surface area contributed by atoms with Crippen LogP contribution in [0.1, 0.15) is 30.4 Å². The van der Waals surface area contributed by atoms with Crippen LogP contribution in [0.5, 0.6) is 5.75 Å². The smallest absolute Gasteiger partial charge is 0.324 e. The number of imide groups is 1. The number of benzene rings is 2. The number of anilines is 1. The number of fused-ring (bicyclic) bond motifs is 3. The molecule has 3 unspecified atom stereocenters. The third-order valence-electron chi connectivity index (χ3n) is 5.29. The Hall–Kier alpha value is -2.95. The summed E-state index contributed by atoms with van der Waals surface area (Å²) in [5.74, 6) is -2.82. The van der Waals surface area contributed by atoms with Crippen molar-refractivity contribution in [2.45, 2.75) is 26.2 Å². The summed E-state index contributed by atoms with van der Waals surface area (Å²) in [6.07, 6.45) is 0.539. The van der Waals surface area contributed by atoms with Crippen LogP contribution >= 0.6 is 0 Å². The zero-order chi connectivity index (χ0) is 18.4. The average molecular weight is 349 g/mol. The van der Waals surface area contributed by atoms with Crippen molar-refractivity contribution in [1.29, 1.82) is 0 Å². The molecule has 0 radical (unpaired) electrons. The highest BCUT2D eigenvalue weighted by Crippen LogP contribution is 2.47. The largest absolute Gasteiger partial charge is 0.426 e. The highest BCUT2D eigenvalue weighted by Gasteiger charge is 2.55. The van der Waals surface area contributed by atoms with Gasteiger partial charge in [-0.15, -0.1) is 0 Å². The van der Waals surface area contributed by atoms with Crippen LogP contribution in [0.2, 0.25) is 0 Å². The first-order chi connectivity index (χ1) is 12.5. The van der Waals surface area contributed by atoms with Crippen molar-refractivity contribution in [3.8, 4) is 5.75 Å². The molecule has 1 saturated heterocycles. The lowest BCUT2D eigenvalue weighted by atomic mass is 9.70. The summed E-state index contributed by atoms with van der Waals surface area (Å²) >= 11 is 0. The SMILES string of the molecule is CCC1C(=O)N(c2ccc(C)cc2)C(=O)C2C(=O)Oc3ccccc3C12. The second-order valence-electron chi connectivity index (χ2n) is 6.82. The molecule has 0 bridgehead atoms. The molecule has 2 aliphatic rings. The van der Waals surface area contributed by atoms with Crippen LogP contribution in [-0.4, -0.2) is 17.8 Å². The Labute approximate surface area is 151 Å². The molecule has 4 rings (SSSR count). The number of aryl methyl sites for hydroxylation is 1. The topological polar surface area (TPSA) is 63.7 Å². The van der Waals surface area contributed by atoms with Gasteiger partial charge in [0.1, 0.15) is 11.7 Å². The molecule has 2 aromatic rings. The van der Waals surface area contributed by atoms with Gasteiger partial charge in [-0.2, -0.15) is 0 Å².